The van der Waals surface area contributed by atoms with E-state index in [1.165, 1.54) is 11.3 Å². The van der Waals surface area contributed by atoms with Crippen molar-refractivity contribution >= 4 is 28.9 Å². The van der Waals surface area contributed by atoms with Crippen molar-refractivity contribution in [3.05, 3.63) is 51.2 Å². The van der Waals surface area contributed by atoms with Gasteiger partial charge in [0, 0.05) is 9.90 Å². The van der Waals surface area contributed by atoms with Gasteiger partial charge >= 0.3 is 5.97 Å². The molecule has 20 heavy (non-hydrogen) atoms. The Hall–Kier alpha value is -1.52. The van der Waals surface area contributed by atoms with Gasteiger partial charge in [-0.1, -0.05) is 17.7 Å². The third-order valence-electron chi connectivity index (χ3n) is 2.93. The standard InChI is InChI=1S/C15H15ClO3S/c1-2-19-13-6-5-11(16)8-10(13)9-12(15(17)18)14-4-3-7-20-14/h3-8,12H,2,9H2,1H3,(H,17,18). The molecule has 0 aliphatic heterocycles. The maximum atomic E-state index is 11.5. The molecule has 1 unspecified atom stereocenters. The largest absolute Gasteiger partial charge is 0.494 e. The van der Waals surface area contributed by atoms with Crippen molar-refractivity contribution in [3.8, 4) is 5.75 Å². The van der Waals surface area contributed by atoms with Crippen LogP contribution in [0.4, 0.5) is 0 Å². The zero-order chi connectivity index (χ0) is 14.5. The van der Waals surface area contributed by atoms with Crippen LogP contribution in [0.1, 0.15) is 23.3 Å². The molecule has 0 aliphatic carbocycles. The molecule has 0 bridgehead atoms. The number of hydrogen-bond acceptors (Lipinski definition) is 3. The van der Waals surface area contributed by atoms with Gasteiger partial charge < -0.3 is 9.84 Å². The van der Waals surface area contributed by atoms with Gasteiger partial charge in [0.2, 0.25) is 0 Å². The van der Waals surface area contributed by atoms with Crippen molar-refractivity contribution < 1.29 is 14.6 Å². The Labute approximate surface area is 126 Å². The Kier molecular flexibility index (Phi) is 5.04. The van der Waals surface area contributed by atoms with Crippen molar-refractivity contribution in [3.63, 3.8) is 0 Å². The van der Waals surface area contributed by atoms with E-state index in [0.29, 0.717) is 23.8 Å². The normalized spacial score (nSPS) is 12.1. The predicted octanol–water partition coefficient (Wildman–Crippen LogP) is 4.21. The molecule has 2 rings (SSSR count). The summed E-state index contributed by atoms with van der Waals surface area (Å²) in [5.41, 5.74) is 0.820. The summed E-state index contributed by atoms with van der Waals surface area (Å²) in [6.07, 6.45) is 0.367. The van der Waals surface area contributed by atoms with Crippen LogP contribution in [0.2, 0.25) is 5.02 Å². The van der Waals surface area contributed by atoms with E-state index in [-0.39, 0.29) is 0 Å². The monoisotopic (exact) mass is 310 g/mol. The molecule has 1 aromatic carbocycles. The smallest absolute Gasteiger partial charge is 0.312 e. The number of benzene rings is 1. The molecular formula is C15H15ClO3S. The molecular weight excluding hydrogens is 296 g/mol. The van der Waals surface area contributed by atoms with Crippen molar-refractivity contribution in [1.82, 2.24) is 0 Å². The second-order valence-corrected chi connectivity index (χ2v) is 5.71. The Morgan fingerprint density at radius 1 is 1.45 bits per heavy atom. The molecule has 106 valence electrons. The van der Waals surface area contributed by atoms with Gasteiger partial charge in [-0.2, -0.15) is 0 Å². The number of carbonyl (C=O) groups is 1. The highest BCUT2D eigenvalue weighted by molar-refractivity contribution is 7.10. The first kappa shape index (κ1) is 14.9. The average molecular weight is 311 g/mol. The summed E-state index contributed by atoms with van der Waals surface area (Å²) in [7, 11) is 0. The summed E-state index contributed by atoms with van der Waals surface area (Å²) in [6, 6.07) is 9.01. The Bertz CT molecular complexity index is 581. The van der Waals surface area contributed by atoms with E-state index in [9.17, 15) is 9.90 Å². The molecule has 0 saturated carbocycles. The van der Waals surface area contributed by atoms with Crippen molar-refractivity contribution in [1.29, 1.82) is 0 Å². The number of carboxylic acids is 1. The lowest BCUT2D eigenvalue weighted by molar-refractivity contribution is -0.138. The Morgan fingerprint density at radius 2 is 2.25 bits per heavy atom. The van der Waals surface area contributed by atoms with E-state index in [1.807, 2.05) is 24.4 Å². The molecule has 0 fully saturated rings. The average Bonchev–Trinajstić information content (AvgIpc) is 2.92. The Morgan fingerprint density at radius 3 is 2.85 bits per heavy atom. The lowest BCUT2D eigenvalue weighted by Crippen LogP contribution is -2.14. The summed E-state index contributed by atoms with van der Waals surface area (Å²) in [5.74, 6) is -0.720. The summed E-state index contributed by atoms with van der Waals surface area (Å²) < 4.78 is 5.54. The van der Waals surface area contributed by atoms with Crippen LogP contribution in [-0.2, 0) is 11.2 Å². The minimum absolute atomic E-state index is 0.367. The molecule has 0 spiro atoms. The minimum Gasteiger partial charge on any atom is -0.494 e. The van der Waals surface area contributed by atoms with E-state index in [0.717, 1.165) is 10.4 Å². The van der Waals surface area contributed by atoms with E-state index in [4.69, 9.17) is 16.3 Å². The zero-order valence-corrected chi connectivity index (χ0v) is 12.6. The zero-order valence-electron chi connectivity index (χ0n) is 11.0. The van der Waals surface area contributed by atoms with Crippen molar-refractivity contribution in [2.45, 2.75) is 19.3 Å². The molecule has 1 aromatic heterocycles. The van der Waals surface area contributed by atoms with Gasteiger partial charge in [-0.15, -0.1) is 11.3 Å². The van der Waals surface area contributed by atoms with Gasteiger partial charge in [0.25, 0.3) is 0 Å². The first-order valence-corrected chi connectivity index (χ1v) is 7.55. The van der Waals surface area contributed by atoms with Gasteiger partial charge in [0.05, 0.1) is 12.5 Å². The number of rotatable bonds is 6. The predicted molar refractivity (Wildman–Crippen MR) is 81.0 cm³/mol. The number of aliphatic carboxylic acids is 1. The minimum atomic E-state index is -0.838. The molecule has 5 heteroatoms. The van der Waals surface area contributed by atoms with Crippen LogP contribution < -0.4 is 4.74 Å². The van der Waals surface area contributed by atoms with Crippen LogP contribution in [0, 0.1) is 0 Å². The lowest BCUT2D eigenvalue weighted by atomic mass is 9.97. The highest BCUT2D eigenvalue weighted by Gasteiger charge is 2.23. The number of ether oxygens (including phenoxy) is 1. The molecule has 0 amide bonds. The van der Waals surface area contributed by atoms with Gasteiger partial charge in [-0.05, 0) is 48.6 Å². The van der Waals surface area contributed by atoms with Crippen molar-refractivity contribution in [2.75, 3.05) is 6.61 Å². The van der Waals surface area contributed by atoms with Crippen LogP contribution >= 0.6 is 22.9 Å². The lowest BCUT2D eigenvalue weighted by Gasteiger charge is -2.14. The van der Waals surface area contributed by atoms with E-state index < -0.39 is 11.9 Å². The van der Waals surface area contributed by atoms with Crippen LogP contribution in [0.3, 0.4) is 0 Å². The fourth-order valence-electron chi connectivity index (χ4n) is 2.02. The molecule has 0 radical (unpaired) electrons. The summed E-state index contributed by atoms with van der Waals surface area (Å²) in [4.78, 5) is 12.3. The highest BCUT2D eigenvalue weighted by atomic mass is 35.5. The summed E-state index contributed by atoms with van der Waals surface area (Å²) in [5, 5.41) is 11.9. The second-order valence-electron chi connectivity index (χ2n) is 4.30. The maximum Gasteiger partial charge on any atom is 0.312 e. The topological polar surface area (TPSA) is 46.5 Å². The van der Waals surface area contributed by atoms with Gasteiger partial charge in [-0.25, -0.2) is 0 Å². The third-order valence-corrected chi connectivity index (χ3v) is 4.15. The molecule has 1 heterocycles. The third kappa shape index (κ3) is 3.52. The van der Waals surface area contributed by atoms with E-state index in [2.05, 4.69) is 0 Å². The Balaban J connectivity index is 2.31. The second kappa shape index (κ2) is 6.77. The number of carboxylic acid groups (broad SMARTS) is 1. The molecule has 2 aromatic rings. The molecule has 1 N–H and O–H groups in total. The van der Waals surface area contributed by atoms with Crippen LogP contribution in [0.5, 0.6) is 5.75 Å². The quantitative estimate of drug-likeness (QED) is 0.869. The number of thiophene rings is 1. The first-order valence-electron chi connectivity index (χ1n) is 6.29. The molecule has 1 atom stereocenters. The van der Waals surface area contributed by atoms with E-state index in [1.54, 1.807) is 18.2 Å². The molecule has 0 saturated heterocycles. The van der Waals surface area contributed by atoms with E-state index >= 15 is 0 Å². The van der Waals surface area contributed by atoms with Gasteiger partial charge in [0.15, 0.2) is 0 Å². The summed E-state index contributed by atoms with van der Waals surface area (Å²) in [6.45, 7) is 2.43. The van der Waals surface area contributed by atoms with Crippen LogP contribution in [-0.4, -0.2) is 17.7 Å². The fourth-order valence-corrected chi connectivity index (χ4v) is 3.04. The van der Waals surface area contributed by atoms with Gasteiger partial charge in [0.1, 0.15) is 5.75 Å². The van der Waals surface area contributed by atoms with Crippen LogP contribution in [0.25, 0.3) is 0 Å². The fraction of sp³-hybridized carbons (Fsp3) is 0.267. The molecule has 3 nitrogen and oxygen atoms in total. The van der Waals surface area contributed by atoms with Crippen molar-refractivity contribution in [2.24, 2.45) is 0 Å². The summed E-state index contributed by atoms with van der Waals surface area (Å²) >= 11 is 7.45. The highest BCUT2D eigenvalue weighted by Crippen LogP contribution is 2.31. The first-order chi connectivity index (χ1) is 9.61. The molecule has 0 aliphatic rings. The van der Waals surface area contributed by atoms with Crippen LogP contribution in [0.15, 0.2) is 35.7 Å². The number of halogens is 1. The van der Waals surface area contributed by atoms with Gasteiger partial charge in [-0.3, -0.25) is 4.79 Å². The number of hydrogen-bond donors (Lipinski definition) is 1. The maximum absolute atomic E-state index is 11.5. The SMILES string of the molecule is CCOc1ccc(Cl)cc1CC(C(=O)O)c1cccs1.